The second-order valence-corrected chi connectivity index (χ2v) is 8.18. The molecular weight excluding hydrogens is 364 g/mol. The molecule has 142 valence electrons. The fraction of sp³-hybridized carbons (Fsp3) is 0.350. The zero-order valence-corrected chi connectivity index (χ0v) is 15.9. The highest BCUT2D eigenvalue weighted by atomic mass is 32.1. The smallest absolute Gasteiger partial charge is 0.345 e. The number of nitrogens with zero attached hydrogens (tertiary/aromatic N) is 1. The van der Waals surface area contributed by atoms with Crippen molar-refractivity contribution in [2.45, 2.75) is 26.3 Å². The van der Waals surface area contributed by atoms with Gasteiger partial charge in [0.1, 0.15) is 4.88 Å². The molecule has 0 saturated carbocycles. The first-order chi connectivity index (χ1) is 12.9. The van der Waals surface area contributed by atoms with Crippen molar-refractivity contribution in [1.29, 1.82) is 0 Å². The third-order valence-electron chi connectivity index (χ3n) is 4.85. The number of hydrogen-bond acceptors (Lipinski definition) is 4. The van der Waals surface area contributed by atoms with Crippen molar-refractivity contribution in [2.75, 3.05) is 13.1 Å². The van der Waals surface area contributed by atoms with Gasteiger partial charge in [0.2, 0.25) is 5.91 Å². The Morgan fingerprint density at radius 2 is 1.93 bits per heavy atom. The molecule has 2 aromatic rings. The summed E-state index contributed by atoms with van der Waals surface area (Å²) in [6.45, 7) is 3.18. The van der Waals surface area contributed by atoms with E-state index in [9.17, 15) is 14.4 Å². The van der Waals surface area contributed by atoms with Crippen molar-refractivity contribution in [2.24, 2.45) is 5.41 Å². The van der Waals surface area contributed by atoms with Crippen molar-refractivity contribution in [3.05, 3.63) is 57.8 Å². The Morgan fingerprint density at radius 1 is 1.19 bits per heavy atom. The zero-order valence-electron chi connectivity index (χ0n) is 15.1. The summed E-state index contributed by atoms with van der Waals surface area (Å²) in [4.78, 5) is 39.2. The van der Waals surface area contributed by atoms with Crippen LogP contribution in [0.25, 0.3) is 0 Å². The minimum atomic E-state index is -0.966. The number of thiophene rings is 1. The third-order valence-corrected chi connectivity index (χ3v) is 5.92. The molecule has 7 heteroatoms. The minimum Gasteiger partial charge on any atom is -0.477 e. The van der Waals surface area contributed by atoms with Crippen LogP contribution < -0.4 is 5.32 Å². The van der Waals surface area contributed by atoms with Gasteiger partial charge in [-0.15, -0.1) is 11.3 Å². The number of carboxylic acid groups (broad SMARTS) is 1. The predicted octanol–water partition coefficient (Wildman–Crippen LogP) is 3.01. The van der Waals surface area contributed by atoms with Crippen LogP contribution in [0.1, 0.15) is 44.7 Å². The number of benzene rings is 1. The minimum absolute atomic E-state index is 0.0568. The van der Waals surface area contributed by atoms with E-state index in [1.54, 1.807) is 23.1 Å². The van der Waals surface area contributed by atoms with E-state index in [0.717, 1.165) is 22.6 Å². The van der Waals surface area contributed by atoms with Gasteiger partial charge in [-0.2, -0.15) is 0 Å². The van der Waals surface area contributed by atoms with Gasteiger partial charge in [0, 0.05) is 23.5 Å². The maximum atomic E-state index is 12.8. The van der Waals surface area contributed by atoms with E-state index in [-0.39, 0.29) is 16.7 Å². The largest absolute Gasteiger partial charge is 0.477 e. The molecule has 0 aliphatic carbocycles. The van der Waals surface area contributed by atoms with Gasteiger partial charge in [-0.3, -0.25) is 9.59 Å². The van der Waals surface area contributed by atoms with Crippen molar-refractivity contribution in [3.8, 4) is 0 Å². The lowest BCUT2D eigenvalue weighted by Gasteiger charge is -2.39. The Hall–Kier alpha value is -2.67. The Kier molecular flexibility index (Phi) is 5.60. The molecule has 1 aliphatic heterocycles. The highest BCUT2D eigenvalue weighted by Gasteiger charge is 2.39. The number of carbonyl (C=O) groups excluding carboxylic acids is 2. The summed E-state index contributed by atoms with van der Waals surface area (Å²) < 4.78 is 0. The number of carbonyl (C=O) groups is 3. The second kappa shape index (κ2) is 7.92. The molecule has 1 atom stereocenters. The average Bonchev–Trinajstić information content (AvgIpc) is 3.15. The van der Waals surface area contributed by atoms with Crippen LogP contribution >= 0.6 is 11.3 Å². The summed E-state index contributed by atoms with van der Waals surface area (Å²) >= 11 is 1.15. The first kappa shape index (κ1) is 19.1. The number of rotatable bonds is 5. The highest BCUT2D eigenvalue weighted by molar-refractivity contribution is 7.13. The van der Waals surface area contributed by atoms with E-state index in [1.165, 1.54) is 6.07 Å². The molecule has 3 rings (SSSR count). The SMILES string of the molecule is CC1(C(=O)NCc2ccc(C(=O)O)s2)CCCN(C(=O)c2ccccc2)C1. The first-order valence-corrected chi connectivity index (χ1v) is 9.65. The molecule has 0 spiro atoms. The van der Waals surface area contributed by atoms with Crippen LogP contribution in [0.5, 0.6) is 0 Å². The van der Waals surface area contributed by atoms with E-state index < -0.39 is 11.4 Å². The molecule has 27 heavy (non-hydrogen) atoms. The van der Waals surface area contributed by atoms with Gasteiger partial charge in [0.25, 0.3) is 5.91 Å². The van der Waals surface area contributed by atoms with Gasteiger partial charge in [-0.05, 0) is 44.0 Å². The van der Waals surface area contributed by atoms with E-state index in [4.69, 9.17) is 5.11 Å². The topological polar surface area (TPSA) is 86.7 Å². The molecule has 1 aliphatic rings. The first-order valence-electron chi connectivity index (χ1n) is 8.84. The van der Waals surface area contributed by atoms with Crippen molar-refractivity contribution in [1.82, 2.24) is 10.2 Å². The molecule has 1 fully saturated rings. The lowest BCUT2D eigenvalue weighted by Crippen LogP contribution is -2.51. The van der Waals surface area contributed by atoms with E-state index >= 15 is 0 Å². The number of aromatic carboxylic acids is 1. The monoisotopic (exact) mass is 386 g/mol. The number of amides is 2. The highest BCUT2D eigenvalue weighted by Crippen LogP contribution is 2.31. The number of piperidine rings is 1. The summed E-state index contributed by atoms with van der Waals surface area (Å²) in [5.41, 5.74) is -0.0304. The van der Waals surface area contributed by atoms with E-state index in [0.29, 0.717) is 31.6 Å². The summed E-state index contributed by atoms with van der Waals surface area (Å²) in [5.74, 6) is -1.14. The van der Waals surface area contributed by atoms with Crippen molar-refractivity contribution >= 4 is 29.1 Å². The number of hydrogen-bond donors (Lipinski definition) is 2. The summed E-state index contributed by atoms with van der Waals surface area (Å²) in [7, 11) is 0. The zero-order chi connectivity index (χ0) is 19.4. The standard InChI is InChI=1S/C20H22N2O4S/c1-20(19(26)21-12-15-8-9-16(27-15)18(24)25)10-5-11-22(13-20)17(23)14-6-3-2-4-7-14/h2-4,6-9H,5,10-13H2,1H3,(H,21,26)(H,24,25). The second-order valence-electron chi connectivity index (χ2n) is 7.01. The lowest BCUT2D eigenvalue weighted by atomic mass is 9.80. The molecule has 0 radical (unpaired) electrons. The average molecular weight is 386 g/mol. The quantitative estimate of drug-likeness (QED) is 0.827. The van der Waals surface area contributed by atoms with Gasteiger partial charge in [0.05, 0.1) is 12.0 Å². The Bertz CT molecular complexity index is 849. The van der Waals surface area contributed by atoms with Gasteiger partial charge >= 0.3 is 5.97 Å². The van der Waals surface area contributed by atoms with Crippen LogP contribution in [0.4, 0.5) is 0 Å². The third kappa shape index (κ3) is 4.36. The van der Waals surface area contributed by atoms with Crippen LogP contribution in [0.3, 0.4) is 0 Å². The normalized spacial score (nSPS) is 19.5. The maximum Gasteiger partial charge on any atom is 0.345 e. The number of likely N-dealkylation sites (tertiary alicyclic amines) is 1. The van der Waals surface area contributed by atoms with Crippen LogP contribution in [-0.4, -0.2) is 40.9 Å². The van der Waals surface area contributed by atoms with Crippen LogP contribution in [-0.2, 0) is 11.3 Å². The molecule has 1 saturated heterocycles. The van der Waals surface area contributed by atoms with Gasteiger partial charge in [-0.25, -0.2) is 4.79 Å². The molecular formula is C20H22N2O4S. The fourth-order valence-corrected chi connectivity index (χ4v) is 4.12. The molecule has 0 bridgehead atoms. The van der Waals surface area contributed by atoms with Crippen LogP contribution in [0.2, 0.25) is 0 Å². The molecule has 1 aromatic carbocycles. The van der Waals surface area contributed by atoms with E-state index in [1.807, 2.05) is 25.1 Å². The summed E-state index contributed by atoms with van der Waals surface area (Å²) in [6.07, 6.45) is 1.48. The number of nitrogens with one attached hydrogen (secondary N) is 1. The van der Waals surface area contributed by atoms with Crippen molar-refractivity contribution < 1.29 is 19.5 Å². The molecule has 2 amide bonds. The Balaban J connectivity index is 1.62. The van der Waals surface area contributed by atoms with E-state index in [2.05, 4.69) is 5.32 Å². The predicted molar refractivity (Wildman–Crippen MR) is 103 cm³/mol. The van der Waals surface area contributed by atoms with Crippen LogP contribution in [0, 0.1) is 5.41 Å². The molecule has 1 unspecified atom stereocenters. The molecule has 6 nitrogen and oxygen atoms in total. The van der Waals surface area contributed by atoms with Gasteiger partial charge in [-0.1, -0.05) is 18.2 Å². The summed E-state index contributed by atoms with van der Waals surface area (Å²) in [5, 5.41) is 11.9. The Labute approximate surface area is 161 Å². The summed E-state index contributed by atoms with van der Waals surface area (Å²) in [6, 6.07) is 12.3. The van der Waals surface area contributed by atoms with Crippen LogP contribution in [0.15, 0.2) is 42.5 Å². The molecule has 2 N–H and O–H groups in total. The Morgan fingerprint density at radius 3 is 2.59 bits per heavy atom. The van der Waals surface area contributed by atoms with Gasteiger partial charge < -0.3 is 15.3 Å². The lowest BCUT2D eigenvalue weighted by molar-refractivity contribution is -0.132. The maximum absolute atomic E-state index is 12.8. The fourth-order valence-electron chi connectivity index (χ4n) is 3.33. The molecule has 2 heterocycles. The number of carboxylic acids is 1. The molecule has 1 aromatic heterocycles. The van der Waals surface area contributed by atoms with Gasteiger partial charge in [0.15, 0.2) is 0 Å². The van der Waals surface area contributed by atoms with Crippen molar-refractivity contribution in [3.63, 3.8) is 0 Å².